The monoisotopic (exact) mass is 221 g/mol. The molecule has 1 aliphatic rings. The van der Waals surface area contributed by atoms with Gasteiger partial charge in [0.05, 0.1) is 19.3 Å². The number of aliphatic hydroxyl groups excluding tert-OH is 1. The maximum absolute atomic E-state index is 9.35. The molecule has 16 heavy (non-hydrogen) atoms. The summed E-state index contributed by atoms with van der Waals surface area (Å²) < 4.78 is 5.59. The Morgan fingerprint density at radius 3 is 2.81 bits per heavy atom. The Hall–Kier alpha value is -0.900. The first kappa shape index (κ1) is 11.6. The van der Waals surface area contributed by atoms with E-state index in [-0.39, 0.29) is 6.10 Å². The molecule has 1 aliphatic heterocycles. The molecule has 0 spiro atoms. The number of β-amino-alcohol motifs (C(OH)–C–C–N with tert-alkyl or cyclic N) is 1. The molecule has 1 heterocycles. The summed E-state index contributed by atoms with van der Waals surface area (Å²) in [5.41, 5.74) is 1.21. The lowest BCUT2D eigenvalue weighted by Crippen LogP contribution is -2.26. The van der Waals surface area contributed by atoms with Crippen molar-refractivity contribution in [2.75, 3.05) is 26.2 Å². The number of benzene rings is 1. The third-order valence-corrected chi connectivity index (χ3v) is 2.91. The van der Waals surface area contributed by atoms with E-state index in [2.05, 4.69) is 17.0 Å². The predicted octanol–water partition coefficient (Wildman–Crippen LogP) is 1.27. The van der Waals surface area contributed by atoms with Crippen LogP contribution in [0.3, 0.4) is 0 Å². The molecular formula is C13H19NO2. The Morgan fingerprint density at radius 1 is 1.31 bits per heavy atom. The molecule has 0 saturated carbocycles. The summed E-state index contributed by atoms with van der Waals surface area (Å²) in [5, 5.41) is 9.35. The van der Waals surface area contributed by atoms with Crippen LogP contribution in [0.1, 0.15) is 12.0 Å². The minimum atomic E-state index is -0.130. The van der Waals surface area contributed by atoms with Gasteiger partial charge in [-0.1, -0.05) is 30.3 Å². The van der Waals surface area contributed by atoms with Gasteiger partial charge in [0.15, 0.2) is 0 Å². The van der Waals surface area contributed by atoms with Gasteiger partial charge in [0.2, 0.25) is 0 Å². The minimum Gasteiger partial charge on any atom is -0.392 e. The van der Waals surface area contributed by atoms with Crippen molar-refractivity contribution in [3.8, 4) is 0 Å². The van der Waals surface area contributed by atoms with Gasteiger partial charge in [0, 0.05) is 19.6 Å². The second-order valence-corrected chi connectivity index (χ2v) is 4.28. The van der Waals surface area contributed by atoms with Crippen LogP contribution in [0.25, 0.3) is 0 Å². The van der Waals surface area contributed by atoms with Gasteiger partial charge >= 0.3 is 0 Å². The maximum atomic E-state index is 9.35. The number of aliphatic hydroxyl groups is 1. The van der Waals surface area contributed by atoms with Crippen LogP contribution in [-0.4, -0.2) is 42.4 Å². The average molecular weight is 221 g/mol. The summed E-state index contributed by atoms with van der Waals surface area (Å²) in [5.74, 6) is 0. The number of likely N-dealkylation sites (tertiary alicyclic amines) is 1. The first-order valence-corrected chi connectivity index (χ1v) is 5.86. The molecule has 1 aromatic rings. The molecule has 2 rings (SSSR count). The summed E-state index contributed by atoms with van der Waals surface area (Å²) in [6.07, 6.45) is 0.771. The van der Waals surface area contributed by atoms with Crippen LogP contribution in [0.5, 0.6) is 0 Å². The van der Waals surface area contributed by atoms with Crippen molar-refractivity contribution in [2.45, 2.75) is 19.1 Å². The van der Waals surface area contributed by atoms with E-state index < -0.39 is 0 Å². The first-order chi connectivity index (χ1) is 7.84. The molecule has 3 nitrogen and oxygen atoms in total. The van der Waals surface area contributed by atoms with E-state index in [0.717, 1.165) is 32.7 Å². The Bertz CT molecular complexity index is 302. The molecule has 1 unspecified atom stereocenters. The van der Waals surface area contributed by atoms with Crippen molar-refractivity contribution in [1.29, 1.82) is 0 Å². The smallest absolute Gasteiger partial charge is 0.0717 e. The fraction of sp³-hybridized carbons (Fsp3) is 0.538. The SMILES string of the molecule is OC1CCN(CCOCc2ccccc2)C1. The standard InChI is InChI=1S/C13H19NO2/c15-13-6-7-14(10-13)8-9-16-11-12-4-2-1-3-5-12/h1-5,13,15H,6-11H2. The molecule has 3 heteroatoms. The van der Waals surface area contributed by atoms with Crippen molar-refractivity contribution in [2.24, 2.45) is 0 Å². The van der Waals surface area contributed by atoms with Crippen LogP contribution < -0.4 is 0 Å². The molecule has 0 amide bonds. The molecule has 1 aromatic carbocycles. The minimum absolute atomic E-state index is 0.130. The lowest BCUT2D eigenvalue weighted by Gasteiger charge is -2.14. The van der Waals surface area contributed by atoms with Crippen molar-refractivity contribution in [3.05, 3.63) is 35.9 Å². The number of ether oxygens (including phenoxy) is 1. The van der Waals surface area contributed by atoms with Gasteiger partial charge in [0.25, 0.3) is 0 Å². The van der Waals surface area contributed by atoms with Crippen LogP contribution in [-0.2, 0) is 11.3 Å². The van der Waals surface area contributed by atoms with Crippen LogP contribution in [0.4, 0.5) is 0 Å². The van der Waals surface area contributed by atoms with Crippen molar-refractivity contribution >= 4 is 0 Å². The molecule has 1 fully saturated rings. The Labute approximate surface area is 96.6 Å². The van der Waals surface area contributed by atoms with E-state index >= 15 is 0 Å². The van der Waals surface area contributed by atoms with E-state index in [1.165, 1.54) is 5.56 Å². The lowest BCUT2D eigenvalue weighted by atomic mass is 10.2. The molecule has 0 radical (unpaired) electrons. The van der Waals surface area contributed by atoms with Gasteiger partial charge in [-0.05, 0) is 12.0 Å². The highest BCUT2D eigenvalue weighted by Gasteiger charge is 2.19. The number of hydrogen-bond acceptors (Lipinski definition) is 3. The Balaban J connectivity index is 1.59. The maximum Gasteiger partial charge on any atom is 0.0717 e. The van der Waals surface area contributed by atoms with Gasteiger partial charge < -0.3 is 9.84 Å². The highest BCUT2D eigenvalue weighted by atomic mass is 16.5. The largest absolute Gasteiger partial charge is 0.392 e. The van der Waals surface area contributed by atoms with Gasteiger partial charge in [0.1, 0.15) is 0 Å². The van der Waals surface area contributed by atoms with Crippen LogP contribution in [0.15, 0.2) is 30.3 Å². The zero-order chi connectivity index (χ0) is 11.2. The van der Waals surface area contributed by atoms with Gasteiger partial charge in [-0.25, -0.2) is 0 Å². The normalized spacial score (nSPS) is 21.4. The van der Waals surface area contributed by atoms with Crippen LogP contribution in [0, 0.1) is 0 Å². The molecule has 88 valence electrons. The predicted molar refractivity (Wildman–Crippen MR) is 63.2 cm³/mol. The van der Waals surface area contributed by atoms with E-state index in [1.807, 2.05) is 18.2 Å². The van der Waals surface area contributed by atoms with Gasteiger partial charge in [-0.3, -0.25) is 4.90 Å². The molecule has 1 atom stereocenters. The average Bonchev–Trinajstić information content (AvgIpc) is 2.72. The van der Waals surface area contributed by atoms with E-state index in [4.69, 9.17) is 4.74 Å². The summed E-state index contributed by atoms with van der Waals surface area (Å²) in [4.78, 5) is 2.25. The molecule has 0 aromatic heterocycles. The van der Waals surface area contributed by atoms with Gasteiger partial charge in [-0.2, -0.15) is 0 Å². The first-order valence-electron chi connectivity index (χ1n) is 5.86. The third kappa shape index (κ3) is 3.59. The summed E-state index contributed by atoms with van der Waals surface area (Å²) in [7, 11) is 0. The van der Waals surface area contributed by atoms with E-state index in [1.54, 1.807) is 0 Å². The second kappa shape index (κ2) is 5.99. The highest BCUT2D eigenvalue weighted by Crippen LogP contribution is 2.08. The second-order valence-electron chi connectivity index (χ2n) is 4.28. The van der Waals surface area contributed by atoms with Crippen molar-refractivity contribution in [1.82, 2.24) is 4.90 Å². The molecule has 0 bridgehead atoms. The Kier molecular flexibility index (Phi) is 4.34. The molecular weight excluding hydrogens is 202 g/mol. The van der Waals surface area contributed by atoms with E-state index in [0.29, 0.717) is 6.61 Å². The molecule has 0 aliphatic carbocycles. The quantitative estimate of drug-likeness (QED) is 0.760. The zero-order valence-electron chi connectivity index (χ0n) is 9.51. The fourth-order valence-electron chi connectivity index (χ4n) is 1.97. The number of rotatable bonds is 5. The van der Waals surface area contributed by atoms with E-state index in [9.17, 15) is 5.11 Å². The number of nitrogens with zero attached hydrogens (tertiary/aromatic N) is 1. The summed E-state index contributed by atoms with van der Waals surface area (Å²) in [6.45, 7) is 4.13. The van der Waals surface area contributed by atoms with Crippen molar-refractivity contribution in [3.63, 3.8) is 0 Å². The van der Waals surface area contributed by atoms with Crippen LogP contribution in [0.2, 0.25) is 0 Å². The third-order valence-electron chi connectivity index (χ3n) is 2.91. The Morgan fingerprint density at radius 2 is 2.12 bits per heavy atom. The molecule has 1 saturated heterocycles. The van der Waals surface area contributed by atoms with Gasteiger partial charge in [-0.15, -0.1) is 0 Å². The fourth-order valence-corrected chi connectivity index (χ4v) is 1.97. The van der Waals surface area contributed by atoms with Crippen LogP contribution >= 0.6 is 0 Å². The highest BCUT2D eigenvalue weighted by molar-refractivity contribution is 5.13. The zero-order valence-corrected chi connectivity index (χ0v) is 9.51. The number of hydrogen-bond donors (Lipinski definition) is 1. The topological polar surface area (TPSA) is 32.7 Å². The summed E-state index contributed by atoms with van der Waals surface area (Å²) in [6, 6.07) is 10.2. The summed E-state index contributed by atoms with van der Waals surface area (Å²) >= 11 is 0. The lowest BCUT2D eigenvalue weighted by molar-refractivity contribution is 0.0938. The van der Waals surface area contributed by atoms with Crippen molar-refractivity contribution < 1.29 is 9.84 Å². The molecule has 1 N–H and O–H groups in total.